The molecule has 0 heterocycles. The third-order valence-electron chi connectivity index (χ3n) is 2.92. The summed E-state index contributed by atoms with van der Waals surface area (Å²) in [6, 6.07) is 1.22. The highest BCUT2D eigenvalue weighted by molar-refractivity contribution is 5.83. The summed E-state index contributed by atoms with van der Waals surface area (Å²) >= 11 is 0. The van der Waals surface area contributed by atoms with Gasteiger partial charge in [0.1, 0.15) is 6.04 Å². The monoisotopic (exact) mass is 239 g/mol. The van der Waals surface area contributed by atoms with Crippen LogP contribution in [0.1, 0.15) is 41.5 Å². The summed E-state index contributed by atoms with van der Waals surface area (Å²) in [6.07, 6.45) is 0. The van der Waals surface area contributed by atoms with E-state index in [1.807, 2.05) is 41.5 Å². The van der Waals surface area contributed by atoms with Crippen molar-refractivity contribution in [2.24, 2.45) is 17.1 Å². The predicted molar refractivity (Wildman–Crippen MR) is 69.1 cm³/mol. The van der Waals surface area contributed by atoms with E-state index >= 15 is 0 Å². The molecule has 0 aromatic rings. The number of carbonyl (C=O) groups is 1. The lowest BCUT2D eigenvalue weighted by atomic mass is 9.86. The Morgan fingerprint density at radius 2 is 1.88 bits per heavy atom. The molecule has 0 unspecified atom stereocenters. The summed E-state index contributed by atoms with van der Waals surface area (Å²) in [4.78, 5) is 13.9. The highest BCUT2D eigenvalue weighted by atomic mass is 16.2. The Hall–Kier alpha value is -1.08. The van der Waals surface area contributed by atoms with Crippen molar-refractivity contribution in [3.8, 4) is 6.07 Å². The number of amides is 1. The van der Waals surface area contributed by atoms with Gasteiger partial charge in [-0.2, -0.15) is 5.26 Å². The zero-order valence-corrected chi connectivity index (χ0v) is 11.8. The van der Waals surface area contributed by atoms with Gasteiger partial charge in [-0.15, -0.1) is 0 Å². The molecule has 0 fully saturated rings. The van der Waals surface area contributed by atoms with Gasteiger partial charge in [0.05, 0.1) is 12.1 Å². The molecule has 0 aliphatic carbocycles. The number of nitrogens with zero attached hydrogens (tertiary/aromatic N) is 2. The standard InChI is InChI=1S/C13H25N3O/c1-7-16(10(8-14)9(2)3)12(17)11(15)13(4,5)6/h9-11H,7,15H2,1-6H3/t10-,11-/m1/s1. The molecule has 0 aliphatic rings. The van der Waals surface area contributed by atoms with Crippen molar-refractivity contribution in [3.05, 3.63) is 0 Å². The van der Waals surface area contributed by atoms with Crippen molar-refractivity contribution < 1.29 is 4.79 Å². The Morgan fingerprint density at radius 3 is 2.12 bits per heavy atom. The summed E-state index contributed by atoms with van der Waals surface area (Å²) in [5, 5.41) is 9.15. The molecule has 4 nitrogen and oxygen atoms in total. The summed E-state index contributed by atoms with van der Waals surface area (Å²) in [6.45, 7) is 12.1. The van der Waals surface area contributed by atoms with Crippen molar-refractivity contribution in [3.63, 3.8) is 0 Å². The second-order valence-electron chi connectivity index (χ2n) is 5.79. The van der Waals surface area contributed by atoms with E-state index < -0.39 is 12.1 Å². The lowest BCUT2D eigenvalue weighted by molar-refractivity contribution is -0.136. The average Bonchev–Trinajstić information content (AvgIpc) is 2.21. The normalized spacial score (nSPS) is 15.2. The zero-order valence-electron chi connectivity index (χ0n) is 11.8. The number of hydrogen-bond donors (Lipinski definition) is 1. The van der Waals surface area contributed by atoms with Crippen molar-refractivity contribution >= 4 is 5.91 Å². The van der Waals surface area contributed by atoms with Gasteiger partial charge in [0, 0.05) is 6.54 Å². The SMILES string of the molecule is CCN(C(=O)[C@@H](N)C(C)(C)C)[C@H](C#N)C(C)C. The highest BCUT2D eigenvalue weighted by Gasteiger charge is 2.34. The minimum absolute atomic E-state index is 0.107. The highest BCUT2D eigenvalue weighted by Crippen LogP contribution is 2.21. The van der Waals surface area contributed by atoms with Gasteiger partial charge >= 0.3 is 0 Å². The van der Waals surface area contributed by atoms with Crippen molar-refractivity contribution in [1.29, 1.82) is 5.26 Å². The van der Waals surface area contributed by atoms with Crippen LogP contribution in [0.25, 0.3) is 0 Å². The van der Waals surface area contributed by atoms with Crippen molar-refractivity contribution in [2.75, 3.05) is 6.54 Å². The maximum Gasteiger partial charge on any atom is 0.241 e. The van der Waals surface area contributed by atoms with Crippen LogP contribution >= 0.6 is 0 Å². The van der Waals surface area contributed by atoms with E-state index in [2.05, 4.69) is 6.07 Å². The number of carbonyl (C=O) groups excluding carboxylic acids is 1. The minimum atomic E-state index is -0.572. The van der Waals surface area contributed by atoms with Gasteiger partial charge in [0.25, 0.3) is 0 Å². The van der Waals surface area contributed by atoms with Crippen LogP contribution in [0.4, 0.5) is 0 Å². The fourth-order valence-corrected chi connectivity index (χ4v) is 1.62. The molecule has 0 aliphatic heterocycles. The van der Waals surface area contributed by atoms with Gasteiger partial charge < -0.3 is 10.6 Å². The summed E-state index contributed by atoms with van der Waals surface area (Å²) in [5.41, 5.74) is 5.67. The molecule has 0 spiro atoms. The Kier molecular flexibility index (Phi) is 5.63. The van der Waals surface area contributed by atoms with Crippen LogP contribution in [-0.4, -0.2) is 29.4 Å². The molecule has 4 heteroatoms. The van der Waals surface area contributed by atoms with Crippen LogP contribution in [0, 0.1) is 22.7 Å². The first-order valence-corrected chi connectivity index (χ1v) is 6.12. The van der Waals surface area contributed by atoms with E-state index in [0.717, 1.165) is 0 Å². The molecule has 2 N–H and O–H groups in total. The molecule has 0 saturated heterocycles. The second kappa shape index (κ2) is 6.02. The Bertz CT molecular complexity index is 299. The fourth-order valence-electron chi connectivity index (χ4n) is 1.62. The quantitative estimate of drug-likeness (QED) is 0.812. The Morgan fingerprint density at radius 1 is 1.41 bits per heavy atom. The first-order chi connectivity index (χ1) is 7.66. The smallest absolute Gasteiger partial charge is 0.241 e. The molecule has 0 radical (unpaired) electrons. The molecular weight excluding hydrogens is 214 g/mol. The molecule has 0 rings (SSSR count). The molecule has 0 saturated carbocycles. The third-order valence-corrected chi connectivity index (χ3v) is 2.92. The number of likely N-dealkylation sites (N-methyl/N-ethyl adjacent to an activating group) is 1. The van der Waals surface area contributed by atoms with Crippen LogP contribution in [-0.2, 0) is 4.79 Å². The van der Waals surface area contributed by atoms with Crippen LogP contribution < -0.4 is 5.73 Å². The summed E-state index contributed by atoms with van der Waals surface area (Å²) in [5.74, 6) is -0.0312. The van der Waals surface area contributed by atoms with Crippen molar-refractivity contribution in [1.82, 2.24) is 4.90 Å². The molecule has 0 aromatic carbocycles. The maximum absolute atomic E-state index is 12.3. The molecule has 17 heavy (non-hydrogen) atoms. The Balaban J connectivity index is 5.03. The number of nitrogens with two attached hydrogens (primary N) is 1. The zero-order chi connectivity index (χ0) is 13.8. The molecule has 98 valence electrons. The van der Waals surface area contributed by atoms with E-state index in [-0.39, 0.29) is 17.2 Å². The fraction of sp³-hybridized carbons (Fsp3) is 0.846. The number of hydrogen-bond acceptors (Lipinski definition) is 3. The van der Waals surface area contributed by atoms with E-state index in [1.54, 1.807) is 4.90 Å². The maximum atomic E-state index is 12.3. The van der Waals surface area contributed by atoms with Crippen LogP contribution in [0.2, 0.25) is 0 Å². The molecule has 2 atom stereocenters. The van der Waals surface area contributed by atoms with E-state index in [1.165, 1.54) is 0 Å². The van der Waals surface area contributed by atoms with Gasteiger partial charge in [-0.05, 0) is 18.3 Å². The van der Waals surface area contributed by atoms with Crippen molar-refractivity contribution in [2.45, 2.75) is 53.6 Å². The molecule has 0 aromatic heterocycles. The molecular formula is C13H25N3O. The average molecular weight is 239 g/mol. The molecule has 0 bridgehead atoms. The van der Waals surface area contributed by atoms with E-state index in [4.69, 9.17) is 11.0 Å². The third kappa shape index (κ3) is 4.01. The second-order valence-corrected chi connectivity index (χ2v) is 5.79. The van der Waals surface area contributed by atoms with Gasteiger partial charge in [-0.3, -0.25) is 4.79 Å². The summed E-state index contributed by atoms with van der Waals surface area (Å²) < 4.78 is 0. The number of nitriles is 1. The number of rotatable bonds is 4. The van der Waals surface area contributed by atoms with Crippen LogP contribution in [0.5, 0.6) is 0 Å². The van der Waals surface area contributed by atoms with Crippen LogP contribution in [0.15, 0.2) is 0 Å². The first-order valence-electron chi connectivity index (χ1n) is 6.12. The van der Waals surface area contributed by atoms with E-state index in [0.29, 0.717) is 6.54 Å². The van der Waals surface area contributed by atoms with Crippen LogP contribution in [0.3, 0.4) is 0 Å². The van der Waals surface area contributed by atoms with Gasteiger partial charge in [0.2, 0.25) is 5.91 Å². The Labute approximate surface area is 105 Å². The molecule has 1 amide bonds. The first kappa shape index (κ1) is 15.9. The predicted octanol–water partition coefficient (Wildman–Crippen LogP) is 1.76. The van der Waals surface area contributed by atoms with E-state index in [9.17, 15) is 4.79 Å². The van der Waals surface area contributed by atoms with Gasteiger partial charge in [-0.1, -0.05) is 34.6 Å². The van der Waals surface area contributed by atoms with Gasteiger partial charge in [-0.25, -0.2) is 0 Å². The lowest BCUT2D eigenvalue weighted by Gasteiger charge is -2.35. The summed E-state index contributed by atoms with van der Waals surface area (Å²) in [7, 11) is 0. The lowest BCUT2D eigenvalue weighted by Crippen LogP contribution is -2.54. The topological polar surface area (TPSA) is 70.1 Å². The van der Waals surface area contributed by atoms with Gasteiger partial charge in [0.15, 0.2) is 0 Å². The minimum Gasteiger partial charge on any atom is -0.325 e. The largest absolute Gasteiger partial charge is 0.325 e.